The Hall–Kier alpha value is -1.38. The largest absolute Gasteiger partial charge is 0.341 e. The molecule has 2 rings (SSSR count). The molecule has 0 N–H and O–H groups in total. The number of amides is 1. The van der Waals surface area contributed by atoms with E-state index in [1.807, 2.05) is 6.07 Å². The SMILES string of the molecule is CN(Cc1ccccc1F)C(=O)C1CCC(C(C)(C)C)CC1. The van der Waals surface area contributed by atoms with Crippen LogP contribution < -0.4 is 0 Å². The van der Waals surface area contributed by atoms with E-state index < -0.39 is 0 Å². The molecule has 1 aliphatic carbocycles. The van der Waals surface area contributed by atoms with Crippen molar-refractivity contribution in [2.75, 3.05) is 7.05 Å². The molecule has 1 saturated carbocycles. The van der Waals surface area contributed by atoms with Crippen LogP contribution in [-0.4, -0.2) is 17.9 Å². The lowest BCUT2D eigenvalue weighted by atomic mass is 9.69. The van der Waals surface area contributed by atoms with Crippen molar-refractivity contribution in [3.8, 4) is 0 Å². The topological polar surface area (TPSA) is 20.3 Å². The normalized spacial score (nSPS) is 22.4. The summed E-state index contributed by atoms with van der Waals surface area (Å²) in [6, 6.07) is 6.68. The van der Waals surface area contributed by atoms with E-state index in [2.05, 4.69) is 20.8 Å². The molecule has 0 heterocycles. The van der Waals surface area contributed by atoms with Crippen LogP contribution in [0.25, 0.3) is 0 Å². The second-order valence-electron chi connectivity index (χ2n) is 7.70. The molecular weight excluding hydrogens is 277 g/mol. The highest BCUT2D eigenvalue weighted by atomic mass is 19.1. The monoisotopic (exact) mass is 305 g/mol. The molecule has 1 amide bonds. The molecule has 1 aliphatic rings. The van der Waals surface area contributed by atoms with Crippen LogP contribution in [0.2, 0.25) is 0 Å². The first-order valence-corrected chi connectivity index (χ1v) is 8.27. The molecule has 0 atom stereocenters. The van der Waals surface area contributed by atoms with Crippen molar-refractivity contribution in [2.45, 2.75) is 53.0 Å². The Kier molecular flexibility index (Phi) is 5.25. The fourth-order valence-corrected chi connectivity index (χ4v) is 3.48. The zero-order valence-corrected chi connectivity index (χ0v) is 14.2. The summed E-state index contributed by atoms with van der Waals surface area (Å²) in [5.74, 6) is 0.734. The summed E-state index contributed by atoms with van der Waals surface area (Å²) in [6.45, 7) is 7.20. The molecule has 0 saturated heterocycles. The summed E-state index contributed by atoms with van der Waals surface area (Å²) in [7, 11) is 1.78. The van der Waals surface area contributed by atoms with E-state index in [9.17, 15) is 9.18 Å². The Morgan fingerprint density at radius 1 is 1.18 bits per heavy atom. The van der Waals surface area contributed by atoms with Crippen molar-refractivity contribution in [1.82, 2.24) is 4.90 Å². The van der Waals surface area contributed by atoms with Gasteiger partial charge in [-0.25, -0.2) is 4.39 Å². The van der Waals surface area contributed by atoms with Gasteiger partial charge in [-0.2, -0.15) is 0 Å². The van der Waals surface area contributed by atoms with Crippen molar-refractivity contribution in [3.63, 3.8) is 0 Å². The van der Waals surface area contributed by atoms with Gasteiger partial charge in [0.25, 0.3) is 0 Å². The number of rotatable bonds is 3. The Bertz CT molecular complexity index is 512. The van der Waals surface area contributed by atoms with Gasteiger partial charge in [-0.3, -0.25) is 4.79 Å². The smallest absolute Gasteiger partial charge is 0.225 e. The molecule has 1 aromatic carbocycles. The second-order valence-corrected chi connectivity index (χ2v) is 7.70. The van der Waals surface area contributed by atoms with E-state index >= 15 is 0 Å². The molecule has 1 fully saturated rings. The predicted octanol–water partition coefficient (Wildman–Crippen LogP) is 4.64. The number of hydrogen-bond acceptors (Lipinski definition) is 1. The number of carbonyl (C=O) groups is 1. The van der Waals surface area contributed by atoms with Crippen LogP contribution in [-0.2, 0) is 11.3 Å². The van der Waals surface area contributed by atoms with Gasteiger partial charge in [0.1, 0.15) is 5.82 Å². The minimum atomic E-state index is -0.237. The Morgan fingerprint density at radius 2 is 1.77 bits per heavy atom. The standard InChI is InChI=1S/C19H28FNO/c1-19(2,3)16-11-9-14(10-12-16)18(22)21(4)13-15-7-5-6-8-17(15)20/h5-8,14,16H,9-13H2,1-4H3. The number of halogens is 1. The van der Waals surface area contributed by atoms with E-state index in [1.54, 1.807) is 24.1 Å². The summed E-state index contributed by atoms with van der Waals surface area (Å²) in [6.07, 6.45) is 4.16. The summed E-state index contributed by atoms with van der Waals surface area (Å²) < 4.78 is 13.7. The third-order valence-electron chi connectivity index (χ3n) is 5.04. The lowest BCUT2D eigenvalue weighted by Gasteiger charge is -2.37. The number of nitrogens with zero attached hydrogens (tertiary/aromatic N) is 1. The molecule has 22 heavy (non-hydrogen) atoms. The summed E-state index contributed by atoms with van der Waals surface area (Å²) >= 11 is 0. The van der Waals surface area contributed by atoms with Crippen LogP contribution in [0.1, 0.15) is 52.0 Å². The lowest BCUT2D eigenvalue weighted by Crippen LogP contribution is -2.36. The first-order chi connectivity index (χ1) is 10.3. The second kappa shape index (κ2) is 6.80. The predicted molar refractivity (Wildman–Crippen MR) is 87.8 cm³/mol. The molecule has 0 radical (unpaired) electrons. The molecule has 0 aliphatic heterocycles. The third-order valence-corrected chi connectivity index (χ3v) is 5.04. The van der Waals surface area contributed by atoms with E-state index in [4.69, 9.17) is 0 Å². The van der Waals surface area contributed by atoms with Crippen molar-refractivity contribution >= 4 is 5.91 Å². The van der Waals surface area contributed by atoms with Gasteiger partial charge in [0.2, 0.25) is 5.91 Å². The highest BCUT2D eigenvalue weighted by molar-refractivity contribution is 5.78. The number of hydrogen-bond donors (Lipinski definition) is 0. The van der Waals surface area contributed by atoms with Crippen molar-refractivity contribution in [2.24, 2.45) is 17.3 Å². The van der Waals surface area contributed by atoms with Gasteiger partial charge >= 0.3 is 0 Å². The molecule has 0 aromatic heterocycles. The molecule has 0 spiro atoms. The van der Waals surface area contributed by atoms with E-state index in [1.165, 1.54) is 6.07 Å². The lowest BCUT2D eigenvalue weighted by molar-refractivity contribution is -0.136. The molecule has 3 heteroatoms. The van der Waals surface area contributed by atoms with Gasteiger partial charge in [-0.1, -0.05) is 39.0 Å². The average Bonchev–Trinajstić information content (AvgIpc) is 2.48. The Labute approximate surface area is 133 Å². The zero-order chi connectivity index (χ0) is 16.3. The van der Waals surface area contributed by atoms with Gasteiger partial charge in [0, 0.05) is 25.1 Å². The van der Waals surface area contributed by atoms with Gasteiger partial charge in [-0.15, -0.1) is 0 Å². The first-order valence-electron chi connectivity index (χ1n) is 8.27. The minimum Gasteiger partial charge on any atom is -0.341 e. The highest BCUT2D eigenvalue weighted by Gasteiger charge is 2.33. The van der Waals surface area contributed by atoms with Gasteiger partial charge in [0.05, 0.1) is 0 Å². The van der Waals surface area contributed by atoms with E-state index in [0.717, 1.165) is 25.7 Å². The van der Waals surface area contributed by atoms with Gasteiger partial charge in [0.15, 0.2) is 0 Å². The van der Waals surface area contributed by atoms with Crippen molar-refractivity contribution in [1.29, 1.82) is 0 Å². The van der Waals surface area contributed by atoms with Gasteiger partial charge < -0.3 is 4.90 Å². The van der Waals surface area contributed by atoms with Crippen molar-refractivity contribution in [3.05, 3.63) is 35.6 Å². The maximum absolute atomic E-state index is 13.7. The van der Waals surface area contributed by atoms with Crippen LogP contribution in [0.3, 0.4) is 0 Å². The number of carbonyl (C=O) groups excluding carboxylic acids is 1. The Balaban J connectivity index is 1.91. The van der Waals surface area contributed by atoms with Crippen LogP contribution in [0.4, 0.5) is 4.39 Å². The Morgan fingerprint density at radius 3 is 2.32 bits per heavy atom. The average molecular weight is 305 g/mol. The van der Waals surface area contributed by atoms with Gasteiger partial charge in [-0.05, 0) is 43.1 Å². The molecule has 0 unspecified atom stereocenters. The van der Waals surface area contributed by atoms with E-state index in [0.29, 0.717) is 23.4 Å². The van der Waals surface area contributed by atoms with Crippen LogP contribution in [0.15, 0.2) is 24.3 Å². The fourth-order valence-electron chi connectivity index (χ4n) is 3.48. The van der Waals surface area contributed by atoms with Crippen LogP contribution in [0, 0.1) is 23.1 Å². The summed E-state index contributed by atoms with van der Waals surface area (Å²) in [5, 5.41) is 0. The summed E-state index contributed by atoms with van der Waals surface area (Å²) in [5.41, 5.74) is 0.911. The third kappa shape index (κ3) is 4.08. The van der Waals surface area contributed by atoms with Crippen LogP contribution >= 0.6 is 0 Å². The van der Waals surface area contributed by atoms with Crippen LogP contribution in [0.5, 0.6) is 0 Å². The maximum atomic E-state index is 13.7. The first kappa shape index (κ1) is 17.0. The molecule has 1 aromatic rings. The highest BCUT2D eigenvalue weighted by Crippen LogP contribution is 2.40. The molecule has 2 nitrogen and oxygen atoms in total. The van der Waals surface area contributed by atoms with E-state index in [-0.39, 0.29) is 17.6 Å². The quantitative estimate of drug-likeness (QED) is 0.797. The zero-order valence-electron chi connectivity index (χ0n) is 14.2. The molecular formula is C19H28FNO. The molecule has 0 bridgehead atoms. The minimum absolute atomic E-state index is 0.107. The molecule has 122 valence electrons. The fraction of sp³-hybridized carbons (Fsp3) is 0.632. The summed E-state index contributed by atoms with van der Waals surface area (Å²) in [4.78, 5) is 14.3. The number of benzene rings is 1. The maximum Gasteiger partial charge on any atom is 0.225 e. The van der Waals surface area contributed by atoms with Crippen molar-refractivity contribution < 1.29 is 9.18 Å².